The van der Waals surface area contributed by atoms with Crippen LogP contribution in [0.5, 0.6) is 0 Å². The van der Waals surface area contributed by atoms with Crippen LogP contribution in [0.2, 0.25) is 0 Å². The Balaban J connectivity index is 1.83. The molecule has 0 saturated carbocycles. The van der Waals surface area contributed by atoms with Crippen molar-refractivity contribution in [3.63, 3.8) is 0 Å². The quantitative estimate of drug-likeness (QED) is 0.702. The minimum absolute atomic E-state index is 0.200. The van der Waals surface area contributed by atoms with E-state index in [4.69, 9.17) is 18.7 Å². The molecule has 0 amide bonds. The summed E-state index contributed by atoms with van der Waals surface area (Å²) in [4.78, 5) is 27.1. The predicted octanol–water partition coefficient (Wildman–Crippen LogP) is 2.14. The number of hydrogen-bond donors (Lipinski definition) is 0. The standard InChI is InChI=1S/C16H22N6O6/c1-15(2,3)13(23)25-7-21-9-11(19-27-17-9)22(12-10(21)18-28-20-12)8-26-14(24)16(4,5)6/h7-8H2,1-6H3. The minimum atomic E-state index is -0.682. The molecule has 3 rings (SSSR count). The Morgan fingerprint density at radius 3 is 1.25 bits per heavy atom. The monoisotopic (exact) mass is 394 g/mol. The number of carbonyl (C=O) groups excluding carboxylic acids is 2. The number of esters is 2. The molecule has 0 bridgehead atoms. The number of rotatable bonds is 4. The molecule has 0 unspecified atom stereocenters. The van der Waals surface area contributed by atoms with E-state index in [0.717, 1.165) is 0 Å². The van der Waals surface area contributed by atoms with Gasteiger partial charge in [0, 0.05) is 0 Å². The maximum Gasteiger partial charge on any atom is 0.312 e. The lowest BCUT2D eigenvalue weighted by molar-refractivity contribution is -0.153. The molecule has 0 N–H and O–H groups in total. The van der Waals surface area contributed by atoms with E-state index in [0.29, 0.717) is 0 Å². The summed E-state index contributed by atoms with van der Waals surface area (Å²) >= 11 is 0. The number of anilines is 4. The van der Waals surface area contributed by atoms with Crippen LogP contribution in [-0.4, -0.2) is 46.0 Å². The molecule has 0 saturated heterocycles. The average Bonchev–Trinajstić information content (AvgIpc) is 3.24. The molecule has 0 aliphatic carbocycles. The van der Waals surface area contributed by atoms with E-state index in [-0.39, 0.29) is 36.7 Å². The number of fused-ring (bicyclic) bond motifs is 2. The third-order valence-electron chi connectivity index (χ3n) is 3.81. The van der Waals surface area contributed by atoms with Crippen molar-refractivity contribution in [2.24, 2.45) is 10.8 Å². The van der Waals surface area contributed by atoms with Crippen LogP contribution in [0.15, 0.2) is 9.26 Å². The molecule has 0 atom stereocenters. The second-order valence-corrected chi connectivity index (χ2v) is 8.30. The largest absolute Gasteiger partial charge is 0.443 e. The van der Waals surface area contributed by atoms with Gasteiger partial charge in [0.15, 0.2) is 13.5 Å². The van der Waals surface area contributed by atoms with Gasteiger partial charge in [0.1, 0.15) is 0 Å². The van der Waals surface area contributed by atoms with Crippen molar-refractivity contribution in [1.29, 1.82) is 0 Å². The maximum absolute atomic E-state index is 12.1. The lowest BCUT2D eigenvalue weighted by atomic mass is 9.97. The molecule has 1 aliphatic rings. The molecule has 28 heavy (non-hydrogen) atoms. The zero-order valence-electron chi connectivity index (χ0n) is 16.5. The predicted molar refractivity (Wildman–Crippen MR) is 93.7 cm³/mol. The van der Waals surface area contributed by atoms with Gasteiger partial charge in [0.2, 0.25) is 23.3 Å². The van der Waals surface area contributed by atoms with Gasteiger partial charge in [-0.05, 0) is 62.2 Å². The minimum Gasteiger partial charge on any atom is -0.443 e. The molecule has 0 aromatic carbocycles. The van der Waals surface area contributed by atoms with Gasteiger partial charge in [-0.1, -0.05) is 0 Å². The van der Waals surface area contributed by atoms with Gasteiger partial charge >= 0.3 is 11.9 Å². The normalized spacial score (nSPS) is 13.8. The zero-order valence-corrected chi connectivity index (χ0v) is 16.5. The molecule has 0 fully saturated rings. The van der Waals surface area contributed by atoms with Crippen LogP contribution in [0, 0.1) is 10.8 Å². The summed E-state index contributed by atoms with van der Waals surface area (Å²) in [6.45, 7) is 10.0. The molecule has 1 aliphatic heterocycles. The van der Waals surface area contributed by atoms with E-state index in [1.54, 1.807) is 41.5 Å². The highest BCUT2D eigenvalue weighted by atomic mass is 16.6. The fourth-order valence-electron chi connectivity index (χ4n) is 2.16. The van der Waals surface area contributed by atoms with E-state index in [2.05, 4.69) is 20.6 Å². The first-order chi connectivity index (χ1) is 13.0. The molecule has 152 valence electrons. The Bertz CT molecular complexity index is 768. The van der Waals surface area contributed by atoms with Gasteiger partial charge in [-0.15, -0.1) is 0 Å². The van der Waals surface area contributed by atoms with Crippen LogP contribution in [0.1, 0.15) is 41.5 Å². The van der Waals surface area contributed by atoms with Crippen molar-refractivity contribution < 1.29 is 28.3 Å². The fourth-order valence-corrected chi connectivity index (χ4v) is 2.16. The molecule has 2 aromatic rings. The van der Waals surface area contributed by atoms with Crippen molar-refractivity contribution in [3.05, 3.63) is 0 Å². The fraction of sp³-hybridized carbons (Fsp3) is 0.625. The van der Waals surface area contributed by atoms with Crippen LogP contribution >= 0.6 is 0 Å². The van der Waals surface area contributed by atoms with Crippen molar-refractivity contribution in [2.75, 3.05) is 23.3 Å². The first-order valence-electron chi connectivity index (χ1n) is 8.55. The summed E-state index contributed by atoms with van der Waals surface area (Å²) in [7, 11) is 0. The highest BCUT2D eigenvalue weighted by Gasteiger charge is 2.39. The number of hydrogen-bond acceptors (Lipinski definition) is 12. The van der Waals surface area contributed by atoms with Crippen LogP contribution in [0.3, 0.4) is 0 Å². The molecule has 0 radical (unpaired) electrons. The summed E-state index contributed by atoms with van der Waals surface area (Å²) in [5, 5.41) is 15.4. The second kappa shape index (κ2) is 6.77. The third-order valence-corrected chi connectivity index (χ3v) is 3.81. The van der Waals surface area contributed by atoms with E-state index in [9.17, 15) is 9.59 Å². The van der Waals surface area contributed by atoms with Gasteiger partial charge in [0.25, 0.3) is 0 Å². The second-order valence-electron chi connectivity index (χ2n) is 8.30. The number of carbonyl (C=O) groups is 2. The van der Waals surface area contributed by atoms with Gasteiger partial charge in [-0.25, -0.2) is 9.26 Å². The van der Waals surface area contributed by atoms with E-state index in [1.807, 2.05) is 0 Å². The van der Waals surface area contributed by atoms with Crippen molar-refractivity contribution >= 4 is 35.2 Å². The molecule has 12 heteroatoms. The summed E-state index contributed by atoms with van der Waals surface area (Å²) in [5.41, 5.74) is -1.36. The first kappa shape index (κ1) is 19.6. The van der Waals surface area contributed by atoms with Crippen LogP contribution in [0.25, 0.3) is 0 Å². The maximum atomic E-state index is 12.1. The lowest BCUT2D eigenvalue weighted by Gasteiger charge is -2.30. The average molecular weight is 394 g/mol. The summed E-state index contributed by atoms with van der Waals surface area (Å²) < 4.78 is 20.3. The molecule has 0 spiro atoms. The summed E-state index contributed by atoms with van der Waals surface area (Å²) in [5.74, 6) is 0.0527. The van der Waals surface area contributed by atoms with Gasteiger partial charge in [0.05, 0.1) is 10.8 Å². The van der Waals surface area contributed by atoms with Gasteiger partial charge in [-0.3, -0.25) is 19.4 Å². The highest BCUT2D eigenvalue weighted by Crippen LogP contribution is 2.44. The Morgan fingerprint density at radius 2 is 1.00 bits per heavy atom. The number of nitrogens with zero attached hydrogens (tertiary/aromatic N) is 6. The molecular formula is C16H22N6O6. The molecular weight excluding hydrogens is 372 g/mol. The Hall–Kier alpha value is -3.18. The lowest BCUT2D eigenvalue weighted by Crippen LogP contribution is -2.36. The number of ether oxygens (including phenoxy) is 2. The highest BCUT2D eigenvalue weighted by molar-refractivity contribution is 5.85. The first-order valence-corrected chi connectivity index (χ1v) is 8.55. The van der Waals surface area contributed by atoms with Gasteiger partial charge < -0.3 is 9.47 Å². The smallest absolute Gasteiger partial charge is 0.312 e. The molecule has 3 heterocycles. The molecule has 12 nitrogen and oxygen atoms in total. The van der Waals surface area contributed by atoms with Gasteiger partial charge in [-0.2, -0.15) is 0 Å². The number of aromatic nitrogens is 4. The van der Waals surface area contributed by atoms with Crippen molar-refractivity contribution in [1.82, 2.24) is 20.6 Å². The third kappa shape index (κ3) is 3.62. The topological polar surface area (TPSA) is 137 Å². The van der Waals surface area contributed by atoms with Crippen molar-refractivity contribution in [3.8, 4) is 0 Å². The van der Waals surface area contributed by atoms with Crippen LogP contribution < -0.4 is 9.80 Å². The summed E-state index contributed by atoms with van der Waals surface area (Å²) in [6.07, 6.45) is 0. The van der Waals surface area contributed by atoms with E-state index < -0.39 is 22.8 Å². The van der Waals surface area contributed by atoms with E-state index in [1.165, 1.54) is 9.80 Å². The Morgan fingerprint density at radius 1 is 0.714 bits per heavy atom. The Kier molecular flexibility index (Phi) is 4.73. The Labute approximate surface area is 160 Å². The van der Waals surface area contributed by atoms with Crippen molar-refractivity contribution in [2.45, 2.75) is 41.5 Å². The van der Waals surface area contributed by atoms with Crippen LogP contribution in [0.4, 0.5) is 23.3 Å². The summed E-state index contributed by atoms with van der Waals surface area (Å²) in [6, 6.07) is 0. The zero-order chi connectivity index (χ0) is 20.7. The van der Waals surface area contributed by atoms with E-state index >= 15 is 0 Å². The SMILES string of the molecule is CC(C)(C)C(=O)OCN1c2nonc2N(COC(=O)C(C)(C)C)c2nonc21. The van der Waals surface area contributed by atoms with Crippen LogP contribution in [-0.2, 0) is 19.1 Å². The molecule has 2 aromatic heterocycles.